The minimum Gasteiger partial charge on any atom is -0.319 e. The van der Waals surface area contributed by atoms with E-state index < -0.39 is 5.91 Å². The summed E-state index contributed by atoms with van der Waals surface area (Å²) in [6.07, 6.45) is 0. The van der Waals surface area contributed by atoms with Crippen molar-refractivity contribution in [1.82, 2.24) is 9.97 Å². The first-order valence-electron chi connectivity index (χ1n) is 3.98. The van der Waals surface area contributed by atoms with Gasteiger partial charge >= 0.3 is 0 Å². The van der Waals surface area contributed by atoms with E-state index in [-0.39, 0.29) is 17.1 Å². The number of anilines is 1. The summed E-state index contributed by atoms with van der Waals surface area (Å²) >= 11 is 5.29. The molecule has 0 aromatic carbocycles. The van der Waals surface area contributed by atoms with Gasteiger partial charge in [-0.15, -0.1) is 11.6 Å². The van der Waals surface area contributed by atoms with E-state index in [1.807, 2.05) is 0 Å². The van der Waals surface area contributed by atoms with E-state index in [0.29, 0.717) is 11.5 Å². The smallest absolute Gasteiger partial charge is 0.274 e. The largest absolute Gasteiger partial charge is 0.319 e. The Labute approximate surface area is 85.5 Å². The highest BCUT2D eigenvalue weighted by molar-refractivity contribution is 6.29. The lowest BCUT2D eigenvalue weighted by Crippen LogP contribution is -2.23. The summed E-state index contributed by atoms with van der Waals surface area (Å²) in [5.41, 5.74) is 0.263. The van der Waals surface area contributed by atoms with Crippen molar-refractivity contribution in [3.05, 3.63) is 21.9 Å². The summed E-state index contributed by atoms with van der Waals surface area (Å²) in [6.45, 7) is 3.31. The normalized spacial score (nSPS) is 9.93. The molecule has 0 bridgehead atoms. The second-order valence-electron chi connectivity index (χ2n) is 2.79. The molecule has 0 fully saturated rings. The maximum atomic E-state index is 11.4. The van der Waals surface area contributed by atoms with Crippen LogP contribution in [0.4, 0.5) is 5.69 Å². The molecule has 0 radical (unpaired) electrons. The molecule has 1 rings (SSSR count). The topological polar surface area (TPSA) is 74.8 Å². The number of rotatable bonds is 2. The van der Waals surface area contributed by atoms with Crippen LogP contribution in [0.5, 0.6) is 0 Å². The third-order valence-corrected chi connectivity index (χ3v) is 1.85. The minimum atomic E-state index is -0.425. The molecule has 76 valence electrons. The maximum Gasteiger partial charge on any atom is 0.274 e. The number of alkyl halides is 1. The number of H-pyrrole nitrogens is 1. The van der Waals surface area contributed by atoms with Gasteiger partial charge in [0.05, 0.1) is 5.69 Å². The molecule has 6 heteroatoms. The van der Waals surface area contributed by atoms with Crippen molar-refractivity contribution in [2.45, 2.75) is 13.8 Å². The predicted molar refractivity (Wildman–Crippen MR) is 53.7 cm³/mol. The molecular formula is C8H10ClN3O2. The zero-order valence-corrected chi connectivity index (χ0v) is 8.60. The summed E-state index contributed by atoms with van der Waals surface area (Å²) in [7, 11) is 0. The van der Waals surface area contributed by atoms with Crippen LogP contribution in [0.1, 0.15) is 11.5 Å². The van der Waals surface area contributed by atoms with E-state index in [9.17, 15) is 9.59 Å². The van der Waals surface area contributed by atoms with E-state index in [4.69, 9.17) is 11.6 Å². The predicted octanol–water partition coefficient (Wildman–Crippen LogP) is 0.564. The number of carbonyl (C=O) groups excluding carboxylic acids is 1. The van der Waals surface area contributed by atoms with Gasteiger partial charge in [0.15, 0.2) is 0 Å². The van der Waals surface area contributed by atoms with Gasteiger partial charge in [-0.3, -0.25) is 9.59 Å². The van der Waals surface area contributed by atoms with E-state index >= 15 is 0 Å². The van der Waals surface area contributed by atoms with Crippen LogP contribution in [0.25, 0.3) is 0 Å². The highest BCUT2D eigenvalue weighted by Crippen LogP contribution is 2.04. The van der Waals surface area contributed by atoms with E-state index in [1.54, 1.807) is 13.8 Å². The summed E-state index contributed by atoms with van der Waals surface area (Å²) in [4.78, 5) is 28.8. The van der Waals surface area contributed by atoms with Gasteiger partial charge in [-0.2, -0.15) is 0 Å². The molecule has 0 aliphatic rings. The first-order chi connectivity index (χ1) is 6.54. The Morgan fingerprint density at radius 1 is 1.57 bits per heavy atom. The number of carbonyl (C=O) groups is 1. The average Bonchev–Trinajstić information content (AvgIpc) is 2.10. The second kappa shape index (κ2) is 4.23. The number of nitrogens with zero attached hydrogens (tertiary/aromatic N) is 1. The van der Waals surface area contributed by atoms with Gasteiger partial charge in [-0.05, 0) is 13.8 Å². The number of aromatic amines is 1. The van der Waals surface area contributed by atoms with Crippen LogP contribution in [-0.2, 0) is 4.79 Å². The van der Waals surface area contributed by atoms with Gasteiger partial charge in [0.25, 0.3) is 5.56 Å². The van der Waals surface area contributed by atoms with Gasteiger partial charge in [-0.1, -0.05) is 0 Å². The summed E-state index contributed by atoms with van der Waals surface area (Å²) in [6, 6.07) is 0. The molecule has 1 amide bonds. The Kier molecular flexibility index (Phi) is 3.24. The van der Waals surface area contributed by atoms with E-state index in [2.05, 4.69) is 15.3 Å². The monoisotopic (exact) mass is 215 g/mol. The van der Waals surface area contributed by atoms with Crippen LogP contribution in [-0.4, -0.2) is 21.8 Å². The Morgan fingerprint density at radius 3 is 2.71 bits per heavy atom. The van der Waals surface area contributed by atoms with Crippen LogP contribution < -0.4 is 10.9 Å². The number of hydrogen-bond acceptors (Lipinski definition) is 3. The van der Waals surface area contributed by atoms with Crippen LogP contribution in [0.15, 0.2) is 4.79 Å². The van der Waals surface area contributed by atoms with Crippen molar-refractivity contribution in [2.75, 3.05) is 11.2 Å². The summed E-state index contributed by atoms with van der Waals surface area (Å²) in [5.74, 6) is -0.102. The molecule has 0 saturated carbocycles. The van der Waals surface area contributed by atoms with Gasteiger partial charge in [0.1, 0.15) is 17.4 Å². The summed E-state index contributed by atoms with van der Waals surface area (Å²) < 4.78 is 0. The molecule has 2 N–H and O–H groups in total. The number of nitrogens with one attached hydrogen (secondary N) is 2. The quantitative estimate of drug-likeness (QED) is 0.708. The van der Waals surface area contributed by atoms with Crippen molar-refractivity contribution < 1.29 is 4.79 Å². The van der Waals surface area contributed by atoms with Crippen LogP contribution in [0.3, 0.4) is 0 Å². The van der Waals surface area contributed by atoms with Crippen molar-refractivity contribution in [3.8, 4) is 0 Å². The standard InChI is InChI=1S/C8H10ClN3O2/c1-4-7(12-6(13)3-9)8(14)11-5(2)10-4/h3H2,1-2H3,(H,12,13)(H,10,11,14). The van der Waals surface area contributed by atoms with E-state index in [0.717, 1.165) is 0 Å². The lowest BCUT2D eigenvalue weighted by molar-refractivity contribution is -0.113. The van der Waals surface area contributed by atoms with Crippen molar-refractivity contribution in [3.63, 3.8) is 0 Å². The molecule has 0 atom stereocenters. The Bertz CT molecular complexity index is 414. The van der Waals surface area contributed by atoms with Gasteiger partial charge in [-0.25, -0.2) is 4.98 Å². The highest BCUT2D eigenvalue weighted by atomic mass is 35.5. The van der Waals surface area contributed by atoms with Gasteiger partial charge in [0.2, 0.25) is 5.91 Å². The van der Waals surface area contributed by atoms with E-state index in [1.165, 1.54) is 0 Å². The minimum absolute atomic E-state index is 0.154. The van der Waals surface area contributed by atoms with Crippen molar-refractivity contribution >= 4 is 23.2 Å². The zero-order valence-electron chi connectivity index (χ0n) is 7.85. The fraction of sp³-hybridized carbons (Fsp3) is 0.375. The molecule has 0 saturated heterocycles. The number of amides is 1. The molecule has 0 aliphatic carbocycles. The van der Waals surface area contributed by atoms with Gasteiger partial charge < -0.3 is 10.3 Å². The number of hydrogen-bond donors (Lipinski definition) is 2. The second-order valence-corrected chi connectivity index (χ2v) is 3.06. The fourth-order valence-electron chi connectivity index (χ4n) is 1.05. The van der Waals surface area contributed by atoms with Crippen LogP contribution >= 0.6 is 11.6 Å². The molecule has 1 aromatic rings. The van der Waals surface area contributed by atoms with Crippen LogP contribution in [0.2, 0.25) is 0 Å². The Balaban J connectivity index is 3.09. The average molecular weight is 216 g/mol. The first-order valence-corrected chi connectivity index (χ1v) is 4.51. The zero-order chi connectivity index (χ0) is 10.7. The van der Waals surface area contributed by atoms with Crippen molar-refractivity contribution in [2.24, 2.45) is 0 Å². The van der Waals surface area contributed by atoms with Crippen LogP contribution in [0, 0.1) is 13.8 Å². The molecule has 0 aliphatic heterocycles. The lowest BCUT2D eigenvalue weighted by Gasteiger charge is -2.05. The third-order valence-electron chi connectivity index (χ3n) is 1.60. The molecule has 14 heavy (non-hydrogen) atoms. The Morgan fingerprint density at radius 2 is 2.21 bits per heavy atom. The first kappa shape index (κ1) is 10.7. The SMILES string of the molecule is Cc1nc(C)c(NC(=O)CCl)c(=O)[nH]1. The molecular weight excluding hydrogens is 206 g/mol. The number of halogens is 1. The number of aryl methyl sites for hydroxylation is 2. The molecule has 1 heterocycles. The van der Waals surface area contributed by atoms with Crippen molar-refractivity contribution in [1.29, 1.82) is 0 Å². The number of aromatic nitrogens is 2. The molecule has 0 spiro atoms. The molecule has 1 aromatic heterocycles. The fourth-order valence-corrected chi connectivity index (χ4v) is 1.11. The Hall–Kier alpha value is -1.36. The maximum absolute atomic E-state index is 11.4. The third kappa shape index (κ3) is 2.32. The molecule has 0 unspecified atom stereocenters. The summed E-state index contributed by atoms with van der Waals surface area (Å²) in [5, 5.41) is 2.38. The van der Waals surface area contributed by atoms with Gasteiger partial charge in [0, 0.05) is 0 Å². The highest BCUT2D eigenvalue weighted by Gasteiger charge is 2.08. The lowest BCUT2D eigenvalue weighted by atomic mass is 10.3. The molecule has 5 nitrogen and oxygen atoms in total.